The highest BCUT2D eigenvalue weighted by Gasteiger charge is 2.24. The van der Waals surface area contributed by atoms with Gasteiger partial charge in [0.15, 0.2) is 0 Å². The van der Waals surface area contributed by atoms with Crippen molar-refractivity contribution in [1.82, 2.24) is 14.7 Å². The van der Waals surface area contributed by atoms with E-state index in [-0.39, 0.29) is 18.1 Å². The van der Waals surface area contributed by atoms with Crippen molar-refractivity contribution >= 4 is 40.2 Å². The number of hydrogen-bond acceptors (Lipinski definition) is 5. The molecule has 5 aromatic rings. The number of aromatic carboxylic acids is 1. The van der Waals surface area contributed by atoms with Crippen LogP contribution in [0.5, 0.6) is 5.75 Å². The molecular weight excluding hydrogens is 513 g/mol. The van der Waals surface area contributed by atoms with Gasteiger partial charge in [0.2, 0.25) is 0 Å². The average molecular weight is 536 g/mol. The topological polar surface area (TPSA) is 90.4 Å². The van der Waals surface area contributed by atoms with E-state index in [0.717, 1.165) is 22.5 Å². The van der Waals surface area contributed by atoms with Gasteiger partial charge in [-0.15, -0.1) is 0 Å². The number of nitrogens with zero attached hydrogens (tertiary/aromatic N) is 3. The van der Waals surface area contributed by atoms with Crippen molar-refractivity contribution in [3.8, 4) is 28.4 Å². The Morgan fingerprint density at radius 1 is 1.08 bits per heavy atom. The molecule has 0 unspecified atom stereocenters. The number of aryl methyl sites for hydroxylation is 1. The normalized spacial score (nSPS) is 11.4. The van der Waals surface area contributed by atoms with Crippen molar-refractivity contribution < 1.29 is 19.2 Å². The highest BCUT2D eigenvalue weighted by molar-refractivity contribution is 6.39. The van der Waals surface area contributed by atoms with E-state index in [4.69, 9.17) is 32.5 Å². The molecule has 2 heterocycles. The van der Waals surface area contributed by atoms with Crippen molar-refractivity contribution in [3.63, 3.8) is 0 Å². The quantitative estimate of drug-likeness (QED) is 0.230. The van der Waals surface area contributed by atoms with Crippen molar-refractivity contribution in [2.45, 2.75) is 26.4 Å². The molecule has 37 heavy (non-hydrogen) atoms. The Morgan fingerprint density at radius 3 is 2.43 bits per heavy atom. The summed E-state index contributed by atoms with van der Waals surface area (Å²) in [5, 5.41) is 14.5. The fraction of sp³-hybridized carbons (Fsp3) is 0.179. The van der Waals surface area contributed by atoms with E-state index in [1.165, 1.54) is 0 Å². The first-order valence-corrected chi connectivity index (χ1v) is 12.4. The Hall–Kier alpha value is -3.81. The van der Waals surface area contributed by atoms with E-state index in [0.29, 0.717) is 38.3 Å². The SMILES string of the molecule is CC(C)c1onc(-c2c(Cl)cccc2Cl)c1COc1ccc(-c2nc3cc(C(=O)O)ccc3n2C)cc1. The largest absolute Gasteiger partial charge is 0.489 e. The molecule has 3 aromatic carbocycles. The number of aromatic nitrogens is 3. The summed E-state index contributed by atoms with van der Waals surface area (Å²) in [5.41, 5.74) is 4.52. The summed E-state index contributed by atoms with van der Waals surface area (Å²) in [4.78, 5) is 16.0. The number of halogens is 2. The van der Waals surface area contributed by atoms with Crippen LogP contribution in [0.1, 0.15) is 41.4 Å². The zero-order chi connectivity index (χ0) is 26.3. The molecule has 0 fully saturated rings. The predicted molar refractivity (Wildman–Crippen MR) is 143 cm³/mol. The molecule has 0 aliphatic rings. The third kappa shape index (κ3) is 4.68. The summed E-state index contributed by atoms with van der Waals surface area (Å²) in [6.07, 6.45) is 0. The number of benzene rings is 3. The van der Waals surface area contributed by atoms with Crippen LogP contribution in [0, 0.1) is 0 Å². The fourth-order valence-corrected chi connectivity index (χ4v) is 4.86. The maximum absolute atomic E-state index is 11.3. The lowest BCUT2D eigenvalue weighted by Gasteiger charge is -2.11. The maximum atomic E-state index is 11.3. The molecule has 9 heteroatoms. The standard InChI is InChI=1S/C28H23Cl2N3O4/c1-15(2)26-19(25(32-37-26)24-20(29)5-4-6-21(24)30)14-36-18-10-7-16(8-11-18)27-31-22-13-17(28(34)35)9-12-23(22)33(27)3/h4-13,15H,14H2,1-3H3,(H,34,35). The maximum Gasteiger partial charge on any atom is 0.335 e. The summed E-state index contributed by atoms with van der Waals surface area (Å²) in [6, 6.07) is 17.8. The van der Waals surface area contributed by atoms with Crippen molar-refractivity contribution in [2.24, 2.45) is 7.05 Å². The van der Waals surface area contributed by atoms with E-state index in [1.54, 1.807) is 36.4 Å². The van der Waals surface area contributed by atoms with Gasteiger partial charge in [0.1, 0.15) is 29.6 Å². The first-order valence-electron chi connectivity index (χ1n) is 11.6. The number of ether oxygens (including phenoxy) is 1. The third-order valence-electron chi connectivity index (χ3n) is 6.17. The Morgan fingerprint density at radius 2 is 1.78 bits per heavy atom. The number of carboxylic acids is 1. The first-order chi connectivity index (χ1) is 17.7. The van der Waals surface area contributed by atoms with Gasteiger partial charge in [-0.25, -0.2) is 9.78 Å². The van der Waals surface area contributed by atoms with Crippen LogP contribution < -0.4 is 4.74 Å². The summed E-state index contributed by atoms with van der Waals surface area (Å²) in [7, 11) is 1.90. The van der Waals surface area contributed by atoms with Crippen molar-refractivity contribution in [3.05, 3.63) is 87.6 Å². The molecule has 0 bridgehead atoms. The lowest BCUT2D eigenvalue weighted by molar-refractivity contribution is 0.0697. The van der Waals surface area contributed by atoms with Gasteiger partial charge >= 0.3 is 5.97 Å². The van der Waals surface area contributed by atoms with Crippen LogP contribution in [0.15, 0.2) is 65.2 Å². The van der Waals surface area contributed by atoms with Gasteiger partial charge in [-0.1, -0.05) is 48.3 Å². The van der Waals surface area contributed by atoms with E-state index < -0.39 is 5.97 Å². The monoisotopic (exact) mass is 535 g/mol. The molecule has 0 saturated heterocycles. The molecule has 0 atom stereocenters. The second-order valence-electron chi connectivity index (χ2n) is 8.94. The molecule has 0 radical (unpaired) electrons. The van der Waals surface area contributed by atoms with Gasteiger partial charge in [0.05, 0.1) is 32.2 Å². The minimum Gasteiger partial charge on any atom is -0.489 e. The molecule has 2 aromatic heterocycles. The number of carboxylic acid groups (broad SMARTS) is 1. The molecule has 0 aliphatic carbocycles. The van der Waals surface area contributed by atoms with E-state index in [1.807, 2.05) is 49.7 Å². The van der Waals surface area contributed by atoms with E-state index in [2.05, 4.69) is 10.1 Å². The van der Waals surface area contributed by atoms with Crippen LogP contribution >= 0.6 is 23.2 Å². The molecular formula is C28H23Cl2N3O4. The molecule has 1 N–H and O–H groups in total. The van der Waals surface area contributed by atoms with Crippen LogP contribution in [0.3, 0.4) is 0 Å². The summed E-state index contributed by atoms with van der Waals surface area (Å²) in [6.45, 7) is 4.26. The molecule has 7 nitrogen and oxygen atoms in total. The summed E-state index contributed by atoms with van der Waals surface area (Å²) < 4.78 is 13.7. The Kier molecular flexibility index (Phi) is 6.67. The minimum atomic E-state index is -0.982. The number of hydrogen-bond donors (Lipinski definition) is 1. The van der Waals surface area contributed by atoms with Crippen LogP contribution in [0.25, 0.3) is 33.7 Å². The van der Waals surface area contributed by atoms with Crippen LogP contribution in [0.2, 0.25) is 10.0 Å². The Bertz CT molecular complexity index is 1600. The van der Waals surface area contributed by atoms with Gasteiger partial charge in [0, 0.05) is 24.1 Å². The Balaban J connectivity index is 1.41. The third-order valence-corrected chi connectivity index (χ3v) is 6.80. The molecule has 0 saturated carbocycles. The highest BCUT2D eigenvalue weighted by atomic mass is 35.5. The lowest BCUT2D eigenvalue weighted by atomic mass is 10.0. The van der Waals surface area contributed by atoms with Crippen LogP contribution in [-0.2, 0) is 13.7 Å². The van der Waals surface area contributed by atoms with Gasteiger partial charge in [-0.05, 0) is 54.6 Å². The fourth-order valence-electron chi connectivity index (χ4n) is 4.28. The van der Waals surface area contributed by atoms with Gasteiger partial charge in [-0.3, -0.25) is 0 Å². The smallest absolute Gasteiger partial charge is 0.335 e. The average Bonchev–Trinajstić information content (AvgIpc) is 3.44. The van der Waals surface area contributed by atoms with Gasteiger partial charge in [-0.2, -0.15) is 0 Å². The van der Waals surface area contributed by atoms with Crippen LogP contribution in [0.4, 0.5) is 0 Å². The molecule has 5 rings (SSSR count). The zero-order valence-electron chi connectivity index (χ0n) is 20.3. The molecule has 0 aliphatic heterocycles. The number of fused-ring (bicyclic) bond motifs is 1. The number of rotatable bonds is 7. The Labute approximate surface area is 223 Å². The highest BCUT2D eigenvalue weighted by Crippen LogP contribution is 2.39. The first kappa shape index (κ1) is 24.9. The molecule has 188 valence electrons. The second-order valence-corrected chi connectivity index (χ2v) is 9.76. The zero-order valence-corrected chi connectivity index (χ0v) is 21.8. The summed E-state index contributed by atoms with van der Waals surface area (Å²) in [5.74, 6) is 1.19. The predicted octanol–water partition coefficient (Wildman–Crippen LogP) is 7.60. The number of carbonyl (C=O) groups is 1. The lowest BCUT2D eigenvalue weighted by Crippen LogP contribution is -2.01. The van der Waals surface area contributed by atoms with Gasteiger partial charge < -0.3 is 18.9 Å². The minimum absolute atomic E-state index is 0.0858. The molecule has 0 spiro atoms. The van der Waals surface area contributed by atoms with Crippen molar-refractivity contribution in [1.29, 1.82) is 0 Å². The second kappa shape index (κ2) is 9.92. The molecule has 0 amide bonds. The number of imidazole rings is 1. The van der Waals surface area contributed by atoms with Gasteiger partial charge in [0.25, 0.3) is 0 Å². The van der Waals surface area contributed by atoms with E-state index in [9.17, 15) is 9.90 Å². The van der Waals surface area contributed by atoms with Crippen molar-refractivity contribution in [2.75, 3.05) is 0 Å². The summed E-state index contributed by atoms with van der Waals surface area (Å²) >= 11 is 12.9. The van der Waals surface area contributed by atoms with Crippen LogP contribution in [-0.4, -0.2) is 25.8 Å². The van der Waals surface area contributed by atoms with E-state index >= 15 is 0 Å².